The van der Waals surface area contributed by atoms with Gasteiger partial charge < -0.3 is 4.90 Å². The summed E-state index contributed by atoms with van der Waals surface area (Å²) < 4.78 is 0. The third-order valence-corrected chi connectivity index (χ3v) is 4.49. The van der Waals surface area contributed by atoms with Gasteiger partial charge in [0.05, 0.1) is 5.52 Å². The fourth-order valence-electron chi connectivity index (χ4n) is 3.15. The summed E-state index contributed by atoms with van der Waals surface area (Å²) in [6, 6.07) is 14.2. The van der Waals surface area contributed by atoms with Crippen LogP contribution in [0.15, 0.2) is 48.8 Å². The molecule has 0 aliphatic carbocycles. The average molecular weight is 330 g/mol. The van der Waals surface area contributed by atoms with Gasteiger partial charge in [0.1, 0.15) is 11.8 Å². The Labute approximate surface area is 146 Å². The quantitative estimate of drug-likeness (QED) is 0.733. The molecule has 0 spiro atoms. The summed E-state index contributed by atoms with van der Waals surface area (Å²) in [5.41, 5.74) is 2.75. The van der Waals surface area contributed by atoms with Gasteiger partial charge in [-0.15, -0.1) is 0 Å². The van der Waals surface area contributed by atoms with Crippen molar-refractivity contribution in [3.8, 4) is 6.07 Å². The van der Waals surface area contributed by atoms with Gasteiger partial charge in [0.15, 0.2) is 0 Å². The van der Waals surface area contributed by atoms with E-state index >= 15 is 0 Å². The van der Waals surface area contributed by atoms with E-state index in [0.29, 0.717) is 11.6 Å². The van der Waals surface area contributed by atoms with Gasteiger partial charge in [-0.3, -0.25) is 9.88 Å². The zero-order chi connectivity index (χ0) is 17.1. The number of rotatable bonds is 3. The molecule has 3 aromatic rings. The van der Waals surface area contributed by atoms with Crippen LogP contribution in [-0.2, 0) is 6.54 Å². The van der Waals surface area contributed by atoms with Crippen molar-refractivity contribution in [3.05, 3.63) is 60.0 Å². The van der Waals surface area contributed by atoms with Crippen LogP contribution in [0.25, 0.3) is 10.9 Å². The maximum atomic E-state index is 8.97. The molecule has 0 unspecified atom stereocenters. The highest BCUT2D eigenvalue weighted by Crippen LogP contribution is 2.17. The van der Waals surface area contributed by atoms with E-state index in [2.05, 4.69) is 55.1 Å². The van der Waals surface area contributed by atoms with Crippen molar-refractivity contribution in [2.45, 2.75) is 6.54 Å². The van der Waals surface area contributed by atoms with Gasteiger partial charge in [-0.1, -0.05) is 12.1 Å². The Bertz CT molecular complexity index is 924. The number of pyridine rings is 1. The van der Waals surface area contributed by atoms with Gasteiger partial charge in [-0.2, -0.15) is 5.26 Å². The van der Waals surface area contributed by atoms with E-state index in [9.17, 15) is 0 Å². The number of piperazine rings is 1. The minimum absolute atomic E-state index is 0.414. The fourth-order valence-corrected chi connectivity index (χ4v) is 3.15. The van der Waals surface area contributed by atoms with Crippen LogP contribution in [0, 0.1) is 11.3 Å². The maximum absolute atomic E-state index is 8.97. The molecule has 0 N–H and O–H groups in total. The Hall–Kier alpha value is -3.04. The van der Waals surface area contributed by atoms with E-state index < -0.39 is 0 Å². The zero-order valence-electron chi connectivity index (χ0n) is 13.8. The molecule has 124 valence electrons. The highest BCUT2D eigenvalue weighted by molar-refractivity contribution is 5.78. The average Bonchev–Trinajstić information content (AvgIpc) is 2.68. The van der Waals surface area contributed by atoms with E-state index in [0.717, 1.165) is 38.2 Å². The van der Waals surface area contributed by atoms with E-state index in [1.165, 1.54) is 10.9 Å². The predicted molar refractivity (Wildman–Crippen MR) is 96.0 cm³/mol. The van der Waals surface area contributed by atoms with Crippen LogP contribution in [0.3, 0.4) is 0 Å². The molecule has 1 fully saturated rings. The maximum Gasteiger partial charge on any atom is 0.226 e. The van der Waals surface area contributed by atoms with Gasteiger partial charge in [-0.25, -0.2) is 9.97 Å². The summed E-state index contributed by atoms with van der Waals surface area (Å²) in [4.78, 5) is 17.5. The van der Waals surface area contributed by atoms with Crippen LogP contribution in [0.5, 0.6) is 0 Å². The molecule has 0 bridgehead atoms. The lowest BCUT2D eigenvalue weighted by Crippen LogP contribution is -2.46. The van der Waals surface area contributed by atoms with E-state index in [4.69, 9.17) is 5.26 Å². The second-order valence-electron chi connectivity index (χ2n) is 6.15. The molecule has 0 amide bonds. The molecule has 6 nitrogen and oxygen atoms in total. The van der Waals surface area contributed by atoms with E-state index in [1.807, 2.05) is 12.3 Å². The van der Waals surface area contributed by atoms with Crippen LogP contribution in [-0.4, -0.2) is 46.0 Å². The first kappa shape index (κ1) is 15.5. The summed E-state index contributed by atoms with van der Waals surface area (Å²) in [7, 11) is 0. The van der Waals surface area contributed by atoms with Crippen molar-refractivity contribution >= 4 is 16.9 Å². The Morgan fingerprint density at radius 2 is 1.88 bits per heavy atom. The summed E-state index contributed by atoms with van der Waals surface area (Å²) in [5.74, 6) is 0.649. The number of benzene rings is 1. The number of fused-ring (bicyclic) bond motifs is 1. The summed E-state index contributed by atoms with van der Waals surface area (Å²) >= 11 is 0. The molecule has 1 aliphatic rings. The molecule has 1 aromatic carbocycles. The Kier molecular flexibility index (Phi) is 4.23. The lowest BCUT2D eigenvalue weighted by Gasteiger charge is -2.34. The Morgan fingerprint density at radius 1 is 1.00 bits per heavy atom. The van der Waals surface area contributed by atoms with Crippen LogP contribution < -0.4 is 4.90 Å². The van der Waals surface area contributed by atoms with Gasteiger partial charge in [0.25, 0.3) is 0 Å². The fraction of sp³-hybridized carbons (Fsp3) is 0.263. The molecule has 25 heavy (non-hydrogen) atoms. The first-order valence-electron chi connectivity index (χ1n) is 8.36. The van der Waals surface area contributed by atoms with Gasteiger partial charge in [0.2, 0.25) is 5.95 Å². The molecule has 4 rings (SSSR count). The number of hydrogen-bond acceptors (Lipinski definition) is 6. The van der Waals surface area contributed by atoms with Gasteiger partial charge in [-0.05, 0) is 29.8 Å². The lowest BCUT2D eigenvalue weighted by atomic mass is 10.1. The van der Waals surface area contributed by atoms with E-state index in [-0.39, 0.29) is 0 Å². The topological polar surface area (TPSA) is 68.9 Å². The summed E-state index contributed by atoms with van der Waals surface area (Å²) in [6.07, 6.45) is 3.47. The molecule has 0 saturated carbocycles. The first-order chi connectivity index (χ1) is 12.3. The highest BCUT2D eigenvalue weighted by atomic mass is 15.3. The Balaban J connectivity index is 1.40. The molecular formula is C19H18N6. The van der Waals surface area contributed by atoms with Crippen molar-refractivity contribution in [2.75, 3.05) is 31.1 Å². The largest absolute Gasteiger partial charge is 0.338 e. The predicted octanol–water partition coefficient (Wildman–Crippen LogP) is 2.22. The molecule has 0 radical (unpaired) electrons. The van der Waals surface area contributed by atoms with Crippen molar-refractivity contribution in [3.63, 3.8) is 0 Å². The van der Waals surface area contributed by atoms with Crippen LogP contribution >= 0.6 is 0 Å². The molecule has 0 atom stereocenters. The van der Waals surface area contributed by atoms with Crippen molar-refractivity contribution in [2.24, 2.45) is 0 Å². The van der Waals surface area contributed by atoms with Gasteiger partial charge in [0, 0.05) is 50.5 Å². The third kappa shape index (κ3) is 3.42. The second kappa shape index (κ2) is 6.83. The second-order valence-corrected chi connectivity index (χ2v) is 6.15. The summed E-state index contributed by atoms with van der Waals surface area (Å²) in [5, 5.41) is 10.2. The standard InChI is InChI=1S/C19H18N6/c20-13-17-5-7-22-19(23-17)25-10-8-24(9-11-25)14-15-3-4-18-16(12-15)2-1-6-21-18/h1-7,12H,8-11,14H2. The number of nitrogens with zero attached hydrogens (tertiary/aromatic N) is 6. The number of anilines is 1. The smallest absolute Gasteiger partial charge is 0.226 e. The van der Waals surface area contributed by atoms with Crippen molar-refractivity contribution in [1.82, 2.24) is 19.9 Å². The molecule has 1 saturated heterocycles. The van der Waals surface area contributed by atoms with Crippen LogP contribution in [0.1, 0.15) is 11.3 Å². The highest BCUT2D eigenvalue weighted by Gasteiger charge is 2.19. The molecule has 3 heterocycles. The Morgan fingerprint density at radius 3 is 2.72 bits per heavy atom. The normalized spacial score (nSPS) is 15.2. The van der Waals surface area contributed by atoms with E-state index in [1.54, 1.807) is 12.3 Å². The van der Waals surface area contributed by atoms with Crippen molar-refractivity contribution in [1.29, 1.82) is 5.26 Å². The molecular weight excluding hydrogens is 312 g/mol. The monoisotopic (exact) mass is 330 g/mol. The number of hydrogen-bond donors (Lipinski definition) is 0. The van der Waals surface area contributed by atoms with Gasteiger partial charge >= 0.3 is 0 Å². The third-order valence-electron chi connectivity index (χ3n) is 4.49. The zero-order valence-corrected chi connectivity index (χ0v) is 13.8. The summed E-state index contributed by atoms with van der Waals surface area (Å²) in [6.45, 7) is 4.56. The molecule has 1 aliphatic heterocycles. The number of nitriles is 1. The van der Waals surface area contributed by atoms with Crippen molar-refractivity contribution < 1.29 is 0 Å². The minimum Gasteiger partial charge on any atom is -0.338 e. The molecule has 6 heteroatoms. The van der Waals surface area contributed by atoms with Crippen LogP contribution in [0.2, 0.25) is 0 Å². The lowest BCUT2D eigenvalue weighted by molar-refractivity contribution is 0.249. The molecule has 2 aromatic heterocycles. The SMILES string of the molecule is N#Cc1ccnc(N2CCN(Cc3ccc4ncccc4c3)CC2)n1. The minimum atomic E-state index is 0.414. The number of aromatic nitrogens is 3. The van der Waals surface area contributed by atoms with Crippen LogP contribution in [0.4, 0.5) is 5.95 Å². The first-order valence-corrected chi connectivity index (χ1v) is 8.36.